The first-order valence-electron chi connectivity index (χ1n) is 8.84. The molecule has 4 nitrogen and oxygen atoms in total. The Morgan fingerprint density at radius 3 is 2.35 bits per heavy atom. The monoisotopic (exact) mass is 348 g/mol. The molecule has 3 aromatic rings. The van der Waals surface area contributed by atoms with Crippen molar-refractivity contribution < 1.29 is 4.74 Å². The van der Waals surface area contributed by atoms with Crippen molar-refractivity contribution in [3.8, 4) is 5.75 Å². The van der Waals surface area contributed by atoms with Crippen LogP contribution in [0.4, 0.5) is 0 Å². The minimum Gasteiger partial charge on any atom is -0.489 e. The van der Waals surface area contributed by atoms with Crippen LogP contribution in [-0.2, 0) is 26.1 Å². The first kappa shape index (κ1) is 18.0. The molecule has 0 aliphatic heterocycles. The lowest BCUT2D eigenvalue weighted by Crippen LogP contribution is -2.19. The van der Waals surface area contributed by atoms with E-state index in [1.807, 2.05) is 43.4 Å². The highest BCUT2D eigenvalue weighted by Gasteiger charge is 2.02. The van der Waals surface area contributed by atoms with Gasteiger partial charge in [0, 0.05) is 25.4 Å². The van der Waals surface area contributed by atoms with Crippen LogP contribution < -0.4 is 15.6 Å². The molecule has 1 N–H and O–H groups in total. The van der Waals surface area contributed by atoms with Crippen molar-refractivity contribution in [2.75, 3.05) is 7.05 Å². The van der Waals surface area contributed by atoms with E-state index in [0.29, 0.717) is 18.9 Å². The van der Waals surface area contributed by atoms with Gasteiger partial charge in [0.25, 0.3) is 5.56 Å². The third kappa shape index (κ3) is 5.07. The molecule has 0 unspecified atom stereocenters. The molecule has 4 heteroatoms. The van der Waals surface area contributed by atoms with Crippen molar-refractivity contribution >= 4 is 0 Å². The average Bonchev–Trinajstić information content (AvgIpc) is 2.68. The largest absolute Gasteiger partial charge is 0.489 e. The highest BCUT2D eigenvalue weighted by molar-refractivity contribution is 5.23. The Bertz CT molecular complexity index is 871. The number of nitrogens with zero attached hydrogens (tertiary/aromatic N) is 1. The summed E-state index contributed by atoms with van der Waals surface area (Å²) in [5.41, 5.74) is 3.52. The Kier molecular flexibility index (Phi) is 6.23. The second-order valence-corrected chi connectivity index (χ2v) is 6.27. The SMILES string of the molecule is CNCc1ccc(CCn2ccc(OCc3ccccc3)cc2=O)cc1. The van der Waals surface area contributed by atoms with Gasteiger partial charge in [-0.15, -0.1) is 0 Å². The molecule has 26 heavy (non-hydrogen) atoms. The lowest BCUT2D eigenvalue weighted by Gasteiger charge is -2.09. The Balaban J connectivity index is 1.56. The maximum Gasteiger partial charge on any atom is 0.254 e. The van der Waals surface area contributed by atoms with E-state index in [-0.39, 0.29) is 5.56 Å². The van der Waals surface area contributed by atoms with E-state index in [0.717, 1.165) is 18.5 Å². The van der Waals surface area contributed by atoms with Crippen LogP contribution in [0.2, 0.25) is 0 Å². The van der Waals surface area contributed by atoms with Crippen LogP contribution in [0, 0.1) is 0 Å². The second-order valence-electron chi connectivity index (χ2n) is 6.27. The van der Waals surface area contributed by atoms with Gasteiger partial charge in [-0.1, -0.05) is 54.6 Å². The predicted octanol–water partition coefficient (Wildman–Crippen LogP) is 3.39. The van der Waals surface area contributed by atoms with Crippen molar-refractivity contribution in [3.63, 3.8) is 0 Å². The van der Waals surface area contributed by atoms with Gasteiger partial charge in [0.1, 0.15) is 12.4 Å². The van der Waals surface area contributed by atoms with Crippen molar-refractivity contribution in [2.45, 2.75) is 26.1 Å². The van der Waals surface area contributed by atoms with Crippen LogP contribution in [0.5, 0.6) is 5.75 Å². The van der Waals surface area contributed by atoms with E-state index in [4.69, 9.17) is 4.74 Å². The Hall–Kier alpha value is -2.85. The number of hydrogen-bond acceptors (Lipinski definition) is 3. The molecule has 0 aliphatic rings. The van der Waals surface area contributed by atoms with Gasteiger partial charge < -0.3 is 14.6 Å². The molecule has 0 bridgehead atoms. The van der Waals surface area contributed by atoms with Crippen LogP contribution in [0.15, 0.2) is 77.7 Å². The molecule has 2 aromatic carbocycles. The zero-order chi connectivity index (χ0) is 18.2. The third-order valence-electron chi connectivity index (χ3n) is 4.26. The number of pyridine rings is 1. The standard InChI is InChI=1S/C22H24N2O2/c1-23-16-19-9-7-18(8-10-19)11-13-24-14-12-21(15-22(24)25)26-17-20-5-3-2-4-6-20/h2-10,12,14-15,23H,11,13,16-17H2,1H3. The fourth-order valence-corrected chi connectivity index (χ4v) is 2.78. The van der Waals surface area contributed by atoms with Crippen LogP contribution in [0.25, 0.3) is 0 Å². The molecular weight excluding hydrogens is 324 g/mol. The number of aromatic nitrogens is 1. The Morgan fingerprint density at radius 1 is 0.923 bits per heavy atom. The molecule has 0 saturated carbocycles. The van der Waals surface area contributed by atoms with Crippen LogP contribution in [0.3, 0.4) is 0 Å². The number of aryl methyl sites for hydroxylation is 2. The summed E-state index contributed by atoms with van der Waals surface area (Å²) < 4.78 is 7.43. The second kappa shape index (κ2) is 9.02. The molecule has 0 fully saturated rings. The Morgan fingerprint density at radius 2 is 1.65 bits per heavy atom. The summed E-state index contributed by atoms with van der Waals surface area (Å²) in [6.45, 7) is 1.98. The van der Waals surface area contributed by atoms with E-state index in [9.17, 15) is 4.79 Å². The highest BCUT2D eigenvalue weighted by Crippen LogP contribution is 2.10. The molecule has 1 aromatic heterocycles. The maximum absolute atomic E-state index is 12.3. The molecule has 1 heterocycles. The molecule has 0 spiro atoms. The van der Waals surface area contributed by atoms with Gasteiger partial charge >= 0.3 is 0 Å². The van der Waals surface area contributed by atoms with Crippen molar-refractivity contribution in [1.82, 2.24) is 9.88 Å². The number of nitrogens with one attached hydrogen (secondary N) is 1. The summed E-state index contributed by atoms with van der Waals surface area (Å²) in [6.07, 6.45) is 2.63. The van der Waals surface area contributed by atoms with E-state index in [2.05, 4.69) is 29.6 Å². The van der Waals surface area contributed by atoms with E-state index in [1.54, 1.807) is 16.8 Å². The van der Waals surface area contributed by atoms with Gasteiger partial charge in [-0.3, -0.25) is 4.79 Å². The molecule has 3 rings (SSSR count). The quantitative estimate of drug-likeness (QED) is 0.679. The highest BCUT2D eigenvalue weighted by atomic mass is 16.5. The predicted molar refractivity (Wildman–Crippen MR) is 104 cm³/mol. The van der Waals surface area contributed by atoms with Crippen LogP contribution in [0.1, 0.15) is 16.7 Å². The smallest absolute Gasteiger partial charge is 0.254 e. The zero-order valence-electron chi connectivity index (χ0n) is 15.0. The minimum absolute atomic E-state index is 0.0395. The fraction of sp³-hybridized carbons (Fsp3) is 0.227. The summed E-state index contributed by atoms with van der Waals surface area (Å²) in [5, 5.41) is 3.14. The fourth-order valence-electron chi connectivity index (χ4n) is 2.78. The summed E-state index contributed by atoms with van der Waals surface area (Å²) in [4.78, 5) is 12.3. The van der Waals surface area contributed by atoms with Gasteiger partial charge in [-0.25, -0.2) is 0 Å². The molecule has 0 saturated heterocycles. The zero-order valence-corrected chi connectivity index (χ0v) is 15.0. The lowest BCUT2D eigenvalue weighted by atomic mass is 10.1. The van der Waals surface area contributed by atoms with Gasteiger partial charge in [0.2, 0.25) is 0 Å². The molecule has 0 aliphatic carbocycles. The van der Waals surface area contributed by atoms with Crippen molar-refractivity contribution in [2.24, 2.45) is 0 Å². The number of benzene rings is 2. The number of ether oxygens (including phenoxy) is 1. The summed E-state index contributed by atoms with van der Waals surface area (Å²) in [5.74, 6) is 0.603. The summed E-state index contributed by atoms with van der Waals surface area (Å²) in [7, 11) is 1.94. The lowest BCUT2D eigenvalue weighted by molar-refractivity contribution is 0.305. The van der Waals surface area contributed by atoms with Gasteiger partial charge in [0.05, 0.1) is 0 Å². The van der Waals surface area contributed by atoms with Crippen LogP contribution in [-0.4, -0.2) is 11.6 Å². The van der Waals surface area contributed by atoms with E-state index >= 15 is 0 Å². The van der Waals surface area contributed by atoms with Gasteiger partial charge in [0.15, 0.2) is 0 Å². The third-order valence-corrected chi connectivity index (χ3v) is 4.26. The van der Waals surface area contributed by atoms with Gasteiger partial charge in [-0.2, -0.15) is 0 Å². The summed E-state index contributed by atoms with van der Waals surface area (Å²) >= 11 is 0. The van der Waals surface area contributed by atoms with Crippen molar-refractivity contribution in [3.05, 3.63) is 100.0 Å². The summed E-state index contributed by atoms with van der Waals surface area (Å²) in [6, 6.07) is 21.8. The van der Waals surface area contributed by atoms with Crippen molar-refractivity contribution in [1.29, 1.82) is 0 Å². The number of rotatable bonds is 8. The first-order valence-corrected chi connectivity index (χ1v) is 8.84. The molecule has 0 amide bonds. The Labute approximate surface area is 154 Å². The molecule has 0 radical (unpaired) electrons. The van der Waals surface area contributed by atoms with Gasteiger partial charge in [-0.05, 0) is 36.2 Å². The molecule has 0 atom stereocenters. The molecule has 134 valence electrons. The van der Waals surface area contributed by atoms with E-state index < -0.39 is 0 Å². The molecular formula is C22H24N2O2. The first-order chi connectivity index (χ1) is 12.7. The normalized spacial score (nSPS) is 10.7. The minimum atomic E-state index is -0.0395. The number of hydrogen-bond donors (Lipinski definition) is 1. The topological polar surface area (TPSA) is 43.3 Å². The maximum atomic E-state index is 12.3. The average molecular weight is 348 g/mol. The van der Waals surface area contributed by atoms with Crippen LogP contribution >= 0.6 is 0 Å². The van der Waals surface area contributed by atoms with E-state index in [1.165, 1.54) is 11.1 Å².